The quantitative estimate of drug-likeness (QED) is 0.650. The van der Waals surface area contributed by atoms with Crippen LogP contribution in [0.2, 0.25) is 0 Å². The van der Waals surface area contributed by atoms with Gasteiger partial charge in [0.2, 0.25) is 0 Å². The van der Waals surface area contributed by atoms with Gasteiger partial charge in [0.1, 0.15) is 0 Å². The number of likely N-dealkylation sites (N-methyl/N-ethyl adjacent to an activating group) is 1. The number of piperidine rings is 1. The van der Waals surface area contributed by atoms with Gasteiger partial charge in [0.05, 0.1) is 0 Å². The second-order valence-corrected chi connectivity index (χ2v) is 4.26. The maximum Gasteiger partial charge on any atom is 0.0474 e. The van der Waals surface area contributed by atoms with Gasteiger partial charge in [-0.05, 0) is 32.9 Å². The van der Waals surface area contributed by atoms with Gasteiger partial charge in [-0.25, -0.2) is 0 Å². The van der Waals surface area contributed by atoms with Crippen LogP contribution in [0.5, 0.6) is 0 Å². The summed E-state index contributed by atoms with van der Waals surface area (Å²) >= 11 is 0. The second kappa shape index (κ2) is 7.21. The Kier molecular flexibility index (Phi) is 6.15. The van der Waals surface area contributed by atoms with E-state index in [0.29, 0.717) is 0 Å². The molecule has 84 valence electrons. The highest BCUT2D eigenvalue weighted by molar-refractivity contribution is 4.74. The minimum atomic E-state index is 0.719. The lowest BCUT2D eigenvalue weighted by Crippen LogP contribution is -2.42. The Bertz CT molecular complexity index is 135. The van der Waals surface area contributed by atoms with Crippen LogP contribution in [0, 0.1) is 0 Å². The van der Waals surface area contributed by atoms with E-state index in [4.69, 9.17) is 4.74 Å². The molecule has 1 atom stereocenters. The third-order valence-electron chi connectivity index (χ3n) is 2.83. The molecule has 0 bridgehead atoms. The molecule has 1 N–H and O–H groups in total. The van der Waals surface area contributed by atoms with Gasteiger partial charge >= 0.3 is 0 Å². The molecule has 3 heteroatoms. The van der Waals surface area contributed by atoms with Crippen molar-refractivity contribution in [1.82, 2.24) is 10.2 Å². The summed E-state index contributed by atoms with van der Waals surface area (Å²) in [5.41, 5.74) is 0. The highest BCUT2D eigenvalue weighted by Gasteiger charge is 2.13. The molecule has 0 aliphatic carbocycles. The summed E-state index contributed by atoms with van der Waals surface area (Å²) in [6.45, 7) is 4.41. The maximum atomic E-state index is 5.04. The number of nitrogens with one attached hydrogen (secondary N) is 1. The number of methoxy groups -OCH3 is 1. The number of hydrogen-bond donors (Lipinski definition) is 1. The smallest absolute Gasteiger partial charge is 0.0474 e. The van der Waals surface area contributed by atoms with Crippen LogP contribution < -0.4 is 5.32 Å². The summed E-state index contributed by atoms with van der Waals surface area (Å²) in [4.78, 5) is 2.40. The largest absolute Gasteiger partial charge is 0.385 e. The lowest BCUT2D eigenvalue weighted by molar-refractivity contribution is 0.174. The zero-order valence-electron chi connectivity index (χ0n) is 9.59. The molecule has 1 saturated heterocycles. The average molecular weight is 200 g/mol. The van der Waals surface area contributed by atoms with Gasteiger partial charge in [0.15, 0.2) is 0 Å². The van der Waals surface area contributed by atoms with Crippen molar-refractivity contribution in [2.24, 2.45) is 0 Å². The predicted octanol–water partition coefficient (Wildman–Crippen LogP) is 1.10. The molecular formula is C11H24N2O. The molecule has 1 rings (SSSR count). The zero-order valence-corrected chi connectivity index (χ0v) is 9.59. The van der Waals surface area contributed by atoms with Crippen molar-refractivity contribution < 1.29 is 4.74 Å². The fourth-order valence-electron chi connectivity index (χ4n) is 2.03. The zero-order chi connectivity index (χ0) is 10.2. The van der Waals surface area contributed by atoms with E-state index in [0.717, 1.165) is 25.6 Å². The van der Waals surface area contributed by atoms with E-state index >= 15 is 0 Å². The minimum Gasteiger partial charge on any atom is -0.385 e. The molecule has 0 radical (unpaired) electrons. The lowest BCUT2D eigenvalue weighted by atomic mass is 10.0. The molecule has 0 aromatic heterocycles. The number of hydrogen-bond acceptors (Lipinski definition) is 3. The molecule has 1 unspecified atom stereocenters. The maximum absolute atomic E-state index is 5.04. The van der Waals surface area contributed by atoms with Crippen LogP contribution >= 0.6 is 0 Å². The molecule has 0 aromatic rings. The third kappa shape index (κ3) is 4.94. The van der Waals surface area contributed by atoms with Crippen LogP contribution in [0.15, 0.2) is 0 Å². The summed E-state index contributed by atoms with van der Waals surface area (Å²) in [6, 6.07) is 0.719. The topological polar surface area (TPSA) is 24.5 Å². The van der Waals surface area contributed by atoms with E-state index in [1.54, 1.807) is 7.11 Å². The summed E-state index contributed by atoms with van der Waals surface area (Å²) < 4.78 is 5.04. The molecule has 0 saturated carbocycles. The van der Waals surface area contributed by atoms with Crippen molar-refractivity contribution in [2.75, 3.05) is 40.4 Å². The Morgan fingerprint density at radius 1 is 1.43 bits per heavy atom. The third-order valence-corrected chi connectivity index (χ3v) is 2.83. The fourth-order valence-corrected chi connectivity index (χ4v) is 2.03. The number of ether oxygens (including phenoxy) is 1. The lowest BCUT2D eigenvalue weighted by Gasteiger charge is -2.28. The van der Waals surface area contributed by atoms with Crippen LogP contribution in [0.3, 0.4) is 0 Å². The molecule has 1 aliphatic rings. The highest BCUT2D eigenvalue weighted by Crippen LogP contribution is 2.07. The Balaban J connectivity index is 2.03. The Morgan fingerprint density at radius 3 is 2.93 bits per heavy atom. The van der Waals surface area contributed by atoms with E-state index < -0.39 is 0 Å². The van der Waals surface area contributed by atoms with Crippen molar-refractivity contribution in [1.29, 1.82) is 0 Å². The summed E-state index contributed by atoms with van der Waals surface area (Å²) in [6.07, 6.45) is 5.22. The molecule has 1 aliphatic heterocycles. The van der Waals surface area contributed by atoms with Crippen LogP contribution in [0.25, 0.3) is 0 Å². The molecule has 14 heavy (non-hydrogen) atoms. The molecule has 1 heterocycles. The van der Waals surface area contributed by atoms with Gasteiger partial charge in [0, 0.05) is 32.8 Å². The van der Waals surface area contributed by atoms with Crippen molar-refractivity contribution in [3.8, 4) is 0 Å². The van der Waals surface area contributed by atoms with E-state index in [9.17, 15) is 0 Å². The SMILES string of the molecule is COCCCN(C)CC1CCCCN1. The van der Waals surface area contributed by atoms with Gasteiger partial charge < -0.3 is 15.0 Å². The van der Waals surface area contributed by atoms with Crippen molar-refractivity contribution >= 4 is 0 Å². The summed E-state index contributed by atoms with van der Waals surface area (Å²) in [5, 5.41) is 3.57. The van der Waals surface area contributed by atoms with E-state index in [1.165, 1.54) is 32.4 Å². The Labute approximate surface area is 87.8 Å². The van der Waals surface area contributed by atoms with Gasteiger partial charge in [-0.15, -0.1) is 0 Å². The molecule has 0 spiro atoms. The van der Waals surface area contributed by atoms with Crippen LogP contribution in [0.4, 0.5) is 0 Å². The molecule has 0 amide bonds. The van der Waals surface area contributed by atoms with Crippen LogP contribution in [-0.4, -0.2) is 51.3 Å². The molecule has 1 fully saturated rings. The first kappa shape index (κ1) is 12.0. The van der Waals surface area contributed by atoms with Gasteiger partial charge in [-0.3, -0.25) is 0 Å². The van der Waals surface area contributed by atoms with E-state index in [1.807, 2.05) is 0 Å². The molecule has 0 aromatic carbocycles. The van der Waals surface area contributed by atoms with Gasteiger partial charge in [-0.2, -0.15) is 0 Å². The monoisotopic (exact) mass is 200 g/mol. The Hall–Kier alpha value is -0.120. The summed E-state index contributed by atoms with van der Waals surface area (Å²) in [5.74, 6) is 0. The van der Waals surface area contributed by atoms with Crippen molar-refractivity contribution in [3.05, 3.63) is 0 Å². The van der Waals surface area contributed by atoms with E-state index in [-0.39, 0.29) is 0 Å². The first-order valence-corrected chi connectivity index (χ1v) is 5.74. The van der Waals surface area contributed by atoms with Crippen LogP contribution in [-0.2, 0) is 4.74 Å². The number of nitrogens with zero attached hydrogens (tertiary/aromatic N) is 1. The van der Waals surface area contributed by atoms with Gasteiger partial charge in [0.25, 0.3) is 0 Å². The fraction of sp³-hybridized carbons (Fsp3) is 1.00. The van der Waals surface area contributed by atoms with Crippen LogP contribution in [0.1, 0.15) is 25.7 Å². The first-order valence-electron chi connectivity index (χ1n) is 5.74. The highest BCUT2D eigenvalue weighted by atomic mass is 16.5. The number of rotatable bonds is 6. The second-order valence-electron chi connectivity index (χ2n) is 4.26. The minimum absolute atomic E-state index is 0.719. The summed E-state index contributed by atoms with van der Waals surface area (Å²) in [7, 11) is 3.97. The van der Waals surface area contributed by atoms with Gasteiger partial charge in [-0.1, -0.05) is 6.42 Å². The first-order chi connectivity index (χ1) is 6.83. The average Bonchev–Trinajstić information content (AvgIpc) is 2.20. The normalized spacial score (nSPS) is 22.9. The van der Waals surface area contributed by atoms with Crippen molar-refractivity contribution in [2.45, 2.75) is 31.7 Å². The standard InChI is InChI=1S/C11H24N2O/c1-13(8-5-9-14-2)10-11-6-3-4-7-12-11/h11-12H,3-10H2,1-2H3. The van der Waals surface area contributed by atoms with Crippen molar-refractivity contribution in [3.63, 3.8) is 0 Å². The molecule has 3 nitrogen and oxygen atoms in total. The molecular weight excluding hydrogens is 176 g/mol. The Morgan fingerprint density at radius 2 is 2.29 bits per heavy atom. The van der Waals surface area contributed by atoms with E-state index in [2.05, 4.69) is 17.3 Å². The predicted molar refractivity (Wildman–Crippen MR) is 59.6 cm³/mol.